The van der Waals surface area contributed by atoms with E-state index >= 15 is 0 Å². The van der Waals surface area contributed by atoms with E-state index in [0.717, 1.165) is 10.9 Å². The molecule has 1 fully saturated rings. The number of nitrogens with one attached hydrogen (secondary N) is 1. The van der Waals surface area contributed by atoms with Gasteiger partial charge in [-0.05, 0) is 26.3 Å². The van der Waals surface area contributed by atoms with Crippen LogP contribution in [0.3, 0.4) is 0 Å². The summed E-state index contributed by atoms with van der Waals surface area (Å²) in [5, 5.41) is 30.5. The van der Waals surface area contributed by atoms with Crippen LogP contribution in [0.1, 0.15) is 45.0 Å². The molecule has 0 aliphatic carbocycles. The van der Waals surface area contributed by atoms with Gasteiger partial charge in [0.05, 0.1) is 18.3 Å². The van der Waals surface area contributed by atoms with Crippen molar-refractivity contribution in [2.24, 2.45) is 0 Å². The van der Waals surface area contributed by atoms with Crippen molar-refractivity contribution in [1.29, 1.82) is 0 Å². The van der Waals surface area contributed by atoms with Gasteiger partial charge in [-0.2, -0.15) is 0 Å². The minimum Gasteiger partial charge on any atom is -0.481 e. The molecule has 0 bridgehead atoms. The summed E-state index contributed by atoms with van der Waals surface area (Å²) in [5.74, 6) is -0.895. The smallest absolute Gasteiger partial charge is 0.303 e. The summed E-state index contributed by atoms with van der Waals surface area (Å²) in [6.45, 7) is 3.53. The van der Waals surface area contributed by atoms with Crippen molar-refractivity contribution in [3.8, 4) is 0 Å². The van der Waals surface area contributed by atoms with Crippen LogP contribution in [-0.2, 0) is 19.0 Å². The normalized spacial score (nSPS) is 27.6. The lowest BCUT2D eigenvalue weighted by Gasteiger charge is -2.39. The zero-order valence-electron chi connectivity index (χ0n) is 15.9. The molecule has 0 amide bonds. The average Bonchev–Trinajstić information content (AvgIpc) is 3.08. The molecular weight excluding hydrogens is 366 g/mol. The molecule has 1 aliphatic heterocycles. The molecule has 4 N–H and O–H groups in total. The van der Waals surface area contributed by atoms with Crippen LogP contribution in [0.25, 0.3) is 10.9 Å². The molecule has 6 atom stereocenters. The van der Waals surface area contributed by atoms with E-state index in [4.69, 9.17) is 19.3 Å². The van der Waals surface area contributed by atoms with E-state index in [9.17, 15) is 15.0 Å². The van der Waals surface area contributed by atoms with Crippen LogP contribution in [0.4, 0.5) is 0 Å². The summed E-state index contributed by atoms with van der Waals surface area (Å²) in [6.07, 6.45) is -2.01. The number of benzene rings is 1. The first-order valence-corrected chi connectivity index (χ1v) is 9.45. The molecule has 154 valence electrons. The summed E-state index contributed by atoms with van der Waals surface area (Å²) >= 11 is 0. The Bertz CT molecular complexity index is 792. The van der Waals surface area contributed by atoms with Gasteiger partial charge in [0, 0.05) is 35.5 Å². The number of aromatic amines is 1. The molecule has 2 aromatic rings. The first-order valence-electron chi connectivity index (χ1n) is 9.45. The second-order valence-electron chi connectivity index (χ2n) is 7.21. The van der Waals surface area contributed by atoms with Crippen molar-refractivity contribution in [1.82, 2.24) is 4.98 Å². The number of aromatic nitrogens is 1. The van der Waals surface area contributed by atoms with Crippen LogP contribution in [-0.4, -0.2) is 57.0 Å². The third-order valence-electron chi connectivity index (χ3n) is 4.98. The molecule has 0 spiro atoms. The first-order chi connectivity index (χ1) is 13.3. The maximum Gasteiger partial charge on any atom is 0.303 e. The molecule has 28 heavy (non-hydrogen) atoms. The Morgan fingerprint density at radius 3 is 2.86 bits per heavy atom. The lowest BCUT2D eigenvalue weighted by Crippen LogP contribution is -2.49. The Hall–Kier alpha value is -1.97. The van der Waals surface area contributed by atoms with Crippen LogP contribution in [0.2, 0.25) is 0 Å². The number of hydrogen-bond donors (Lipinski definition) is 4. The van der Waals surface area contributed by atoms with Gasteiger partial charge in [0.1, 0.15) is 6.10 Å². The van der Waals surface area contributed by atoms with Crippen molar-refractivity contribution in [2.45, 2.75) is 70.1 Å². The number of carbonyl (C=O) groups is 1. The Morgan fingerprint density at radius 1 is 1.36 bits per heavy atom. The molecule has 1 aromatic carbocycles. The van der Waals surface area contributed by atoms with E-state index in [1.807, 2.05) is 24.3 Å². The number of fused-ring (bicyclic) bond motifs is 1. The fourth-order valence-electron chi connectivity index (χ4n) is 3.38. The summed E-state index contributed by atoms with van der Waals surface area (Å²) < 4.78 is 17.2. The Kier molecular flexibility index (Phi) is 6.69. The number of aliphatic hydroxyl groups is 2. The van der Waals surface area contributed by atoms with Gasteiger partial charge < -0.3 is 34.5 Å². The number of rotatable bonds is 8. The number of carboxylic acids is 1. The van der Waals surface area contributed by atoms with E-state index in [-0.39, 0.29) is 18.9 Å². The van der Waals surface area contributed by atoms with Crippen molar-refractivity contribution in [2.75, 3.05) is 0 Å². The van der Waals surface area contributed by atoms with Gasteiger partial charge in [0.2, 0.25) is 0 Å². The van der Waals surface area contributed by atoms with E-state index in [1.165, 1.54) is 0 Å². The van der Waals surface area contributed by atoms with Crippen LogP contribution in [0, 0.1) is 0 Å². The standard InChI is InChI=1S/C20H27NO7/c1-11(7-8-18(23)24)26-20-16(22)9-17(12(2)27-20)28-19(25)14-10-21-15-6-4-3-5-13(14)15/h3-6,10-12,16-17,19-22,25H,7-9H2,1-2H3,(H,23,24)/t11-,12?,16+,17-,19?,20-/m1/s1. The topological polar surface area (TPSA) is 121 Å². The number of para-hydroxylation sites is 1. The fraction of sp³-hybridized carbons (Fsp3) is 0.550. The molecule has 3 rings (SSSR count). The molecule has 1 aromatic heterocycles. The van der Waals surface area contributed by atoms with E-state index < -0.39 is 36.9 Å². The maximum absolute atomic E-state index is 10.7. The zero-order chi connectivity index (χ0) is 20.3. The van der Waals surface area contributed by atoms with E-state index in [0.29, 0.717) is 12.0 Å². The van der Waals surface area contributed by atoms with Gasteiger partial charge in [-0.1, -0.05) is 18.2 Å². The highest BCUT2D eigenvalue weighted by Gasteiger charge is 2.38. The lowest BCUT2D eigenvalue weighted by atomic mass is 10.0. The third-order valence-corrected chi connectivity index (χ3v) is 4.98. The highest BCUT2D eigenvalue weighted by Crippen LogP contribution is 2.31. The maximum atomic E-state index is 10.7. The van der Waals surface area contributed by atoms with Crippen LogP contribution >= 0.6 is 0 Å². The fourth-order valence-corrected chi connectivity index (χ4v) is 3.38. The van der Waals surface area contributed by atoms with Crippen LogP contribution in [0.5, 0.6) is 0 Å². The molecule has 2 heterocycles. The van der Waals surface area contributed by atoms with Crippen LogP contribution < -0.4 is 0 Å². The van der Waals surface area contributed by atoms with Gasteiger partial charge in [0.15, 0.2) is 12.6 Å². The van der Waals surface area contributed by atoms with Gasteiger partial charge in [-0.15, -0.1) is 0 Å². The second kappa shape index (κ2) is 9.02. The monoisotopic (exact) mass is 393 g/mol. The van der Waals surface area contributed by atoms with Gasteiger partial charge in [-0.3, -0.25) is 4.79 Å². The molecule has 0 saturated carbocycles. The number of aliphatic hydroxyl groups excluding tert-OH is 2. The average molecular weight is 393 g/mol. The molecule has 1 aliphatic rings. The molecule has 1 saturated heterocycles. The van der Waals surface area contributed by atoms with Crippen molar-refractivity contribution in [3.05, 3.63) is 36.0 Å². The van der Waals surface area contributed by atoms with Gasteiger partial charge in [-0.25, -0.2) is 0 Å². The Labute approximate surface area is 163 Å². The van der Waals surface area contributed by atoms with Crippen molar-refractivity contribution < 1.29 is 34.3 Å². The molecule has 0 radical (unpaired) electrons. The second-order valence-corrected chi connectivity index (χ2v) is 7.21. The highest BCUT2D eigenvalue weighted by molar-refractivity contribution is 5.83. The van der Waals surface area contributed by atoms with Gasteiger partial charge >= 0.3 is 5.97 Å². The summed E-state index contributed by atoms with van der Waals surface area (Å²) in [7, 11) is 0. The van der Waals surface area contributed by atoms with E-state index in [1.54, 1.807) is 20.0 Å². The number of H-pyrrole nitrogens is 1. The van der Waals surface area contributed by atoms with Crippen molar-refractivity contribution >= 4 is 16.9 Å². The largest absolute Gasteiger partial charge is 0.481 e. The van der Waals surface area contributed by atoms with E-state index in [2.05, 4.69) is 4.98 Å². The summed E-state index contributed by atoms with van der Waals surface area (Å²) in [4.78, 5) is 13.8. The lowest BCUT2D eigenvalue weighted by molar-refractivity contribution is -0.295. The molecule has 8 heteroatoms. The minimum atomic E-state index is -1.16. The number of hydrogen-bond acceptors (Lipinski definition) is 6. The summed E-state index contributed by atoms with van der Waals surface area (Å²) in [6, 6.07) is 7.59. The van der Waals surface area contributed by atoms with Crippen molar-refractivity contribution in [3.63, 3.8) is 0 Å². The predicted octanol–water partition coefficient (Wildman–Crippen LogP) is 2.31. The predicted molar refractivity (Wildman–Crippen MR) is 101 cm³/mol. The zero-order valence-corrected chi connectivity index (χ0v) is 15.9. The summed E-state index contributed by atoms with van der Waals surface area (Å²) in [5.41, 5.74) is 1.52. The number of aliphatic carboxylic acids is 1. The molecular formula is C20H27NO7. The SMILES string of the molecule is CC1O[C@@H](O[C@H](C)CCC(=O)O)[C@@H](O)C[C@H]1OC(O)c1c[nH]c2ccccc12. The third kappa shape index (κ3) is 4.89. The minimum absolute atomic E-state index is 0.0118. The Morgan fingerprint density at radius 2 is 2.11 bits per heavy atom. The number of ether oxygens (including phenoxy) is 3. The quantitative estimate of drug-likeness (QED) is 0.508. The molecule has 2 unspecified atom stereocenters. The molecule has 8 nitrogen and oxygen atoms in total. The van der Waals surface area contributed by atoms with Gasteiger partial charge in [0.25, 0.3) is 0 Å². The first kappa shape index (κ1) is 20.8. The van der Waals surface area contributed by atoms with Crippen LogP contribution in [0.15, 0.2) is 30.5 Å². The number of carboxylic acid groups (broad SMARTS) is 1. The Balaban J connectivity index is 1.57. The highest BCUT2D eigenvalue weighted by atomic mass is 16.7.